The molecule has 1 aliphatic heterocycles. The van der Waals surface area contributed by atoms with Gasteiger partial charge in [-0.1, -0.05) is 0 Å². The van der Waals surface area contributed by atoms with Crippen LogP contribution in [0.3, 0.4) is 0 Å². The van der Waals surface area contributed by atoms with Crippen molar-refractivity contribution in [3.8, 4) is 0 Å². The zero-order valence-corrected chi connectivity index (χ0v) is 5.27. The number of hydrogen-bond donors (Lipinski definition) is 1. The summed E-state index contributed by atoms with van der Waals surface area (Å²) in [5, 5.41) is -0.204. The third kappa shape index (κ3) is 1.20. The fourth-order valence-corrected chi connectivity index (χ4v) is 1.23. The summed E-state index contributed by atoms with van der Waals surface area (Å²) >= 11 is 0. The van der Waals surface area contributed by atoms with Gasteiger partial charge < -0.3 is 4.74 Å². The molecule has 0 radical (unpaired) electrons. The number of thiol groups is 1. The molecule has 0 aliphatic carbocycles. The van der Waals surface area contributed by atoms with Gasteiger partial charge in [-0.25, -0.2) is 8.42 Å². The molecule has 1 aliphatic rings. The molecule has 1 heterocycles. The Kier molecular flexibility index (Phi) is 1.85. The minimum atomic E-state index is -2.23. The van der Waals surface area contributed by atoms with Crippen LogP contribution >= 0.6 is 0 Å². The van der Waals surface area contributed by atoms with Gasteiger partial charge in [0.25, 0.3) is 0 Å². The lowest BCUT2D eigenvalue weighted by molar-refractivity contribution is 0.198. The molecule has 48 valence electrons. The van der Waals surface area contributed by atoms with E-state index in [1.54, 1.807) is 0 Å². The van der Waals surface area contributed by atoms with Gasteiger partial charge in [0.05, 0.1) is 11.9 Å². The summed E-state index contributed by atoms with van der Waals surface area (Å²) in [7, 11) is -2.23. The van der Waals surface area contributed by atoms with Crippen molar-refractivity contribution >= 4 is 10.7 Å². The molecule has 0 spiro atoms. The first-order valence-electron chi connectivity index (χ1n) is 2.52. The van der Waals surface area contributed by atoms with Crippen molar-refractivity contribution < 1.29 is 13.2 Å². The molecule has 4 heteroatoms. The van der Waals surface area contributed by atoms with Gasteiger partial charge >= 0.3 is 0 Å². The van der Waals surface area contributed by atoms with Gasteiger partial charge in [-0.3, -0.25) is 0 Å². The molecule has 1 atom stereocenters. The van der Waals surface area contributed by atoms with Crippen molar-refractivity contribution in [1.82, 2.24) is 0 Å². The van der Waals surface area contributed by atoms with Gasteiger partial charge in [0, 0.05) is 6.61 Å². The molecule has 0 amide bonds. The Hall–Kier alpha value is -0.0900. The quantitative estimate of drug-likeness (QED) is 0.489. The van der Waals surface area contributed by atoms with Gasteiger partial charge in [-0.05, 0) is 6.42 Å². The number of hydrogen-bond acceptors (Lipinski definition) is 3. The summed E-state index contributed by atoms with van der Waals surface area (Å²) in [6, 6.07) is 0. The molecule has 0 unspecified atom stereocenters. The Labute approximate surface area is 49.6 Å². The van der Waals surface area contributed by atoms with Crippen molar-refractivity contribution in [3.05, 3.63) is 0 Å². The van der Waals surface area contributed by atoms with Crippen LogP contribution < -0.4 is 0 Å². The minimum Gasteiger partial charge on any atom is -0.380 e. The van der Waals surface area contributed by atoms with Gasteiger partial charge in [0.1, 0.15) is 10.7 Å². The number of rotatable bonds is 1. The van der Waals surface area contributed by atoms with Crippen molar-refractivity contribution in [2.75, 3.05) is 13.2 Å². The maximum Gasteiger partial charge on any atom is 0.145 e. The highest BCUT2D eigenvalue weighted by molar-refractivity contribution is 7.73. The zero-order valence-electron chi connectivity index (χ0n) is 4.37. The fourth-order valence-electron chi connectivity index (χ4n) is 0.688. The Morgan fingerprint density at radius 1 is 1.50 bits per heavy atom. The highest BCUT2D eigenvalue weighted by Gasteiger charge is 2.17. The Morgan fingerprint density at radius 3 is 2.50 bits per heavy atom. The molecule has 1 fully saturated rings. The highest BCUT2D eigenvalue weighted by atomic mass is 32.2. The van der Waals surface area contributed by atoms with Gasteiger partial charge in [-0.15, -0.1) is 0 Å². The lowest BCUT2D eigenvalue weighted by Gasteiger charge is -1.90. The molecule has 0 bridgehead atoms. The van der Waals surface area contributed by atoms with Gasteiger partial charge in [-0.2, -0.15) is 0 Å². The lowest BCUT2D eigenvalue weighted by atomic mass is 10.4. The van der Waals surface area contributed by atoms with Crippen LogP contribution in [0.1, 0.15) is 6.42 Å². The second kappa shape index (κ2) is 2.46. The topological polar surface area (TPSA) is 43.4 Å². The molecule has 1 rings (SSSR count). The molecule has 0 aromatic heterocycles. The molecule has 1 saturated heterocycles. The van der Waals surface area contributed by atoms with Crippen LogP contribution in [0, 0.1) is 0 Å². The van der Waals surface area contributed by atoms with Crippen molar-refractivity contribution in [2.24, 2.45) is 0 Å². The van der Waals surface area contributed by atoms with Crippen molar-refractivity contribution in [3.63, 3.8) is 0 Å². The summed E-state index contributed by atoms with van der Waals surface area (Å²) < 4.78 is 25.2. The van der Waals surface area contributed by atoms with E-state index in [4.69, 9.17) is 4.74 Å². The minimum absolute atomic E-state index is 0.204. The summed E-state index contributed by atoms with van der Waals surface area (Å²) in [6.45, 7) is 1.01. The third-order valence-electron chi connectivity index (χ3n) is 1.20. The standard InChI is InChI=1S/C4H8O3S/c5-8(6)4-1-2-7-3-4/h4,8H,1-3H2/t4-/m1/s1. The fraction of sp³-hybridized carbons (Fsp3) is 1.00. The maximum absolute atomic E-state index is 10.2. The first-order valence-corrected chi connectivity index (χ1v) is 3.76. The van der Waals surface area contributed by atoms with Crippen LogP contribution in [-0.4, -0.2) is 26.9 Å². The highest BCUT2D eigenvalue weighted by Crippen LogP contribution is 2.05. The van der Waals surface area contributed by atoms with E-state index in [-0.39, 0.29) is 5.25 Å². The monoisotopic (exact) mass is 136 g/mol. The van der Waals surface area contributed by atoms with E-state index in [1.807, 2.05) is 0 Å². The van der Waals surface area contributed by atoms with E-state index in [2.05, 4.69) is 0 Å². The van der Waals surface area contributed by atoms with Crippen LogP contribution in [0.2, 0.25) is 0 Å². The summed E-state index contributed by atoms with van der Waals surface area (Å²) in [4.78, 5) is 0. The summed E-state index contributed by atoms with van der Waals surface area (Å²) in [5.41, 5.74) is 0. The van der Waals surface area contributed by atoms with Gasteiger partial charge in [0.15, 0.2) is 0 Å². The zero-order chi connectivity index (χ0) is 5.98. The molecule has 0 aromatic carbocycles. The SMILES string of the molecule is O=[SH](=O)[C@@H]1CCOC1. The number of ether oxygens (including phenoxy) is 1. The Morgan fingerprint density at radius 2 is 2.25 bits per heavy atom. The summed E-state index contributed by atoms with van der Waals surface area (Å²) in [6.07, 6.45) is 0.679. The molecule has 8 heavy (non-hydrogen) atoms. The largest absolute Gasteiger partial charge is 0.380 e. The van der Waals surface area contributed by atoms with Crippen LogP contribution in [0.5, 0.6) is 0 Å². The second-order valence-electron chi connectivity index (χ2n) is 1.80. The third-order valence-corrected chi connectivity index (χ3v) is 2.21. The average Bonchev–Trinajstić information content (AvgIpc) is 2.12. The van der Waals surface area contributed by atoms with Crippen LogP contribution in [-0.2, 0) is 15.4 Å². The van der Waals surface area contributed by atoms with Crippen LogP contribution in [0.15, 0.2) is 0 Å². The molecule has 3 nitrogen and oxygen atoms in total. The van der Waals surface area contributed by atoms with E-state index in [0.717, 1.165) is 0 Å². The summed E-state index contributed by atoms with van der Waals surface area (Å²) in [5.74, 6) is 0. The normalized spacial score (nSPS) is 29.4. The van der Waals surface area contributed by atoms with E-state index < -0.39 is 10.7 Å². The predicted octanol–water partition coefficient (Wildman–Crippen LogP) is -0.613. The van der Waals surface area contributed by atoms with Crippen LogP contribution in [0.4, 0.5) is 0 Å². The first-order chi connectivity index (χ1) is 3.80. The Bertz CT molecular complexity index is 126. The molecular formula is C4H8O3S. The van der Waals surface area contributed by atoms with Crippen molar-refractivity contribution in [2.45, 2.75) is 11.7 Å². The van der Waals surface area contributed by atoms with Crippen molar-refractivity contribution in [1.29, 1.82) is 0 Å². The predicted molar refractivity (Wildman–Crippen MR) is 29.5 cm³/mol. The van der Waals surface area contributed by atoms with E-state index in [9.17, 15) is 8.42 Å². The molecule has 0 aromatic rings. The Balaban J connectivity index is 2.47. The maximum atomic E-state index is 10.2. The lowest BCUT2D eigenvalue weighted by Crippen LogP contribution is -2.07. The smallest absolute Gasteiger partial charge is 0.145 e. The molecule has 0 saturated carbocycles. The van der Waals surface area contributed by atoms with E-state index >= 15 is 0 Å². The molecular weight excluding hydrogens is 128 g/mol. The second-order valence-corrected chi connectivity index (χ2v) is 3.10. The van der Waals surface area contributed by atoms with Gasteiger partial charge in [0.2, 0.25) is 0 Å². The van der Waals surface area contributed by atoms with E-state index in [0.29, 0.717) is 19.6 Å². The first kappa shape index (κ1) is 6.04. The molecule has 0 N–H and O–H groups in total. The average molecular weight is 136 g/mol. The van der Waals surface area contributed by atoms with E-state index in [1.165, 1.54) is 0 Å². The van der Waals surface area contributed by atoms with Crippen LogP contribution in [0.25, 0.3) is 0 Å².